The predicted octanol–water partition coefficient (Wildman–Crippen LogP) is -6.22. The van der Waals surface area contributed by atoms with Crippen LogP contribution in [0.2, 0.25) is 0 Å². The highest BCUT2D eigenvalue weighted by Crippen LogP contribution is 2.68. The first-order chi connectivity index (χ1) is 44.0. The SMILES string of the molecule is CC(=O)[C@@H]1[C@@H](OC(=O)CC[C@H](C)CO[C@@H]2O[C@H](CO)[C@@H](O)[C@H](O)[C@H]2O)C[C@H]2[C@@H]3CC[C@H]4C[C@@H](O[C@@H]5O[C@H](CO)[C@H](O[C@@H]6O[C@H](CO)[C@@H](O)[C@H](O[C@@H]7OC[C@@H](O)[C@H](O)[C@H]7O)[C@H]6O[C@@H]6OC[C@@H](O)[C@H](O)[C@H]6O)[C@H](O)[C@H]5O[C@@H]5O[C@@H](C)[C@H](O)[C@@H](O)[C@H]5O)CC[C@]4(C)[C@H]3CC[C@]12C. The first-order valence-electron chi connectivity index (χ1n) is 32.8. The Labute approximate surface area is 537 Å². The molecule has 10 fully saturated rings. The van der Waals surface area contributed by atoms with Crippen molar-refractivity contribution >= 4 is 11.8 Å². The summed E-state index contributed by atoms with van der Waals surface area (Å²) in [4.78, 5) is 27.3. The van der Waals surface area contributed by atoms with Crippen LogP contribution in [0.25, 0.3) is 0 Å². The highest BCUT2D eigenvalue weighted by molar-refractivity contribution is 5.81. The summed E-state index contributed by atoms with van der Waals surface area (Å²) in [6.07, 6.45) is -43.3. The second-order valence-corrected chi connectivity index (χ2v) is 28.3. The smallest absolute Gasteiger partial charge is 0.306 e. The fourth-order valence-corrected chi connectivity index (χ4v) is 17.0. The summed E-state index contributed by atoms with van der Waals surface area (Å²) in [6.45, 7) is 5.64. The van der Waals surface area contributed by atoms with Crippen molar-refractivity contribution in [2.75, 3.05) is 39.6 Å². The molecule has 536 valence electrons. The summed E-state index contributed by atoms with van der Waals surface area (Å²) in [5, 5.41) is 183. The molecule has 6 heterocycles. The Morgan fingerprint density at radius 1 is 0.505 bits per heavy atom. The monoisotopic (exact) mass is 1340 g/mol. The molecule has 38 atom stereocenters. The first kappa shape index (κ1) is 73.7. The van der Waals surface area contributed by atoms with Crippen molar-refractivity contribution in [1.82, 2.24) is 0 Å². The largest absolute Gasteiger partial charge is 0.462 e. The molecule has 0 aromatic heterocycles. The molecule has 93 heavy (non-hydrogen) atoms. The van der Waals surface area contributed by atoms with Gasteiger partial charge in [-0.25, -0.2) is 0 Å². The topological polar surface area (TPSA) is 498 Å². The van der Waals surface area contributed by atoms with Gasteiger partial charge in [0.2, 0.25) is 0 Å². The molecule has 17 N–H and O–H groups in total. The van der Waals surface area contributed by atoms with Gasteiger partial charge in [0.25, 0.3) is 0 Å². The number of ether oxygens (including phenoxy) is 13. The third-order valence-corrected chi connectivity index (χ3v) is 22.4. The van der Waals surface area contributed by atoms with E-state index >= 15 is 0 Å². The maximum Gasteiger partial charge on any atom is 0.306 e. The van der Waals surface area contributed by atoms with Gasteiger partial charge < -0.3 is 148 Å². The number of Topliss-reactive ketones (excluding diaryl/α,β-unsaturated/α-hetero) is 1. The van der Waals surface area contributed by atoms with Gasteiger partial charge in [-0.2, -0.15) is 0 Å². The second-order valence-electron chi connectivity index (χ2n) is 28.3. The number of hydrogen-bond donors (Lipinski definition) is 17. The quantitative estimate of drug-likeness (QED) is 0.0375. The Morgan fingerprint density at radius 2 is 1.04 bits per heavy atom. The summed E-state index contributed by atoms with van der Waals surface area (Å²) in [5.41, 5.74) is -0.674. The molecule has 10 aliphatic rings. The molecule has 6 saturated heterocycles. The molecule has 6 aliphatic heterocycles. The minimum atomic E-state index is -1.99. The van der Waals surface area contributed by atoms with Gasteiger partial charge >= 0.3 is 5.97 Å². The van der Waals surface area contributed by atoms with E-state index in [-0.39, 0.29) is 53.8 Å². The van der Waals surface area contributed by atoms with Crippen LogP contribution in [0.15, 0.2) is 0 Å². The number of hydrogen-bond acceptors (Lipinski definition) is 32. The fraction of sp³-hybridized carbons (Fsp3) is 0.967. The number of aliphatic hydroxyl groups excluding tert-OH is 17. The molecule has 32 nitrogen and oxygen atoms in total. The lowest BCUT2D eigenvalue weighted by atomic mass is 9.44. The van der Waals surface area contributed by atoms with E-state index < -0.39 is 235 Å². The molecule has 0 spiro atoms. The van der Waals surface area contributed by atoms with E-state index in [1.165, 1.54) is 6.92 Å². The molecule has 0 amide bonds. The molecule has 32 heteroatoms. The summed E-state index contributed by atoms with van der Waals surface area (Å²) < 4.78 is 78.4. The lowest BCUT2D eigenvalue weighted by molar-refractivity contribution is -0.408. The molecule has 0 bridgehead atoms. The third kappa shape index (κ3) is 14.8. The minimum Gasteiger partial charge on any atom is -0.462 e. The third-order valence-electron chi connectivity index (χ3n) is 22.4. The van der Waals surface area contributed by atoms with Gasteiger partial charge in [0, 0.05) is 6.42 Å². The zero-order valence-corrected chi connectivity index (χ0v) is 52.8. The Hall–Kier alpha value is -2.02. The second kappa shape index (κ2) is 30.4. The van der Waals surface area contributed by atoms with Crippen LogP contribution in [0, 0.1) is 46.3 Å². The number of fused-ring (bicyclic) bond motifs is 5. The fourth-order valence-electron chi connectivity index (χ4n) is 17.0. The number of esters is 1. The molecule has 4 aliphatic carbocycles. The molecule has 0 radical (unpaired) electrons. The lowest BCUT2D eigenvalue weighted by Crippen LogP contribution is -2.68. The minimum absolute atomic E-state index is 0.0142. The van der Waals surface area contributed by atoms with Gasteiger partial charge in [0.1, 0.15) is 140 Å². The van der Waals surface area contributed by atoms with Crippen LogP contribution in [-0.4, -0.2) is 322 Å². The molecule has 10 rings (SSSR count). The maximum absolute atomic E-state index is 13.7. The van der Waals surface area contributed by atoms with Crippen molar-refractivity contribution in [3.05, 3.63) is 0 Å². The van der Waals surface area contributed by atoms with Crippen LogP contribution in [0.4, 0.5) is 0 Å². The Morgan fingerprint density at radius 3 is 1.68 bits per heavy atom. The van der Waals surface area contributed by atoms with Crippen molar-refractivity contribution in [3.63, 3.8) is 0 Å². The van der Waals surface area contributed by atoms with Crippen molar-refractivity contribution in [2.45, 2.75) is 283 Å². The van der Waals surface area contributed by atoms with E-state index in [2.05, 4.69) is 13.8 Å². The molecule has 4 saturated carbocycles. The van der Waals surface area contributed by atoms with Gasteiger partial charge in [-0.15, -0.1) is 0 Å². The molecular formula is C61H100O32. The highest BCUT2D eigenvalue weighted by Gasteiger charge is 2.65. The normalized spacial score (nSPS) is 52.3. The summed E-state index contributed by atoms with van der Waals surface area (Å²) >= 11 is 0. The zero-order chi connectivity index (χ0) is 67.4. The van der Waals surface area contributed by atoms with E-state index in [0.29, 0.717) is 38.5 Å². The van der Waals surface area contributed by atoms with E-state index in [1.54, 1.807) is 6.92 Å². The zero-order valence-electron chi connectivity index (χ0n) is 52.8. The van der Waals surface area contributed by atoms with Crippen LogP contribution < -0.4 is 0 Å². The number of carbonyl (C=O) groups is 2. The van der Waals surface area contributed by atoms with E-state index in [1.807, 2.05) is 6.92 Å². The van der Waals surface area contributed by atoms with E-state index in [9.17, 15) is 96.4 Å². The lowest BCUT2D eigenvalue weighted by Gasteiger charge is -2.61. The Kier molecular flexibility index (Phi) is 24.1. The van der Waals surface area contributed by atoms with Crippen LogP contribution in [0.1, 0.15) is 98.8 Å². The molecule has 0 unspecified atom stereocenters. The first-order valence-corrected chi connectivity index (χ1v) is 32.8. The summed E-state index contributed by atoms with van der Waals surface area (Å²) in [7, 11) is 0. The van der Waals surface area contributed by atoms with Crippen LogP contribution in [0.5, 0.6) is 0 Å². The van der Waals surface area contributed by atoms with Gasteiger partial charge in [-0.1, -0.05) is 20.8 Å². The van der Waals surface area contributed by atoms with Crippen LogP contribution in [-0.2, 0) is 71.2 Å². The van der Waals surface area contributed by atoms with Crippen LogP contribution in [0.3, 0.4) is 0 Å². The number of rotatable bonds is 21. The molecule has 0 aromatic rings. The van der Waals surface area contributed by atoms with Gasteiger partial charge in [-0.05, 0) is 112 Å². The molecular weight excluding hydrogens is 1240 g/mol. The average Bonchev–Trinajstić information content (AvgIpc) is 1.65. The standard InChI is InChI=1S/C61H100O32/c1-22(19-81-54-47(78)44(75)41(72)33(16-62)87-54)6-9-36(68)86-32-15-29-27-8-7-25-14-26(10-12-60(25,4)28(27)11-13-61(29,5)37(32)23(2)65)85-58-52(92-57-48(79)43(74)38(69)24(3)84-57)49(80)50(35(18-64)89-58)90-59-53(93-56-46(77)40(71)31(67)21-83-56)51(42(73)34(17-63)88-59)91-55-45(76)39(70)30(66)20-82-55/h22,24-35,37-59,62-64,66-67,69-80H,6-21H2,1-5H3/t22-,24-,25-,26-,27+,28-,29-,30+,31+,32-,33+,34+,35+,37+,38-,39-,40-,41+,42+,43+,44-,45+,46+,47+,48+,49-,50-,51-,52+,53+,54+,55-,56-,57-,58+,59-,60-,61-/m0/s1. The Balaban J connectivity index is 0.832. The Bertz CT molecular complexity index is 2440. The van der Waals surface area contributed by atoms with Crippen molar-refractivity contribution in [3.8, 4) is 0 Å². The predicted molar refractivity (Wildman–Crippen MR) is 305 cm³/mol. The van der Waals surface area contributed by atoms with Crippen molar-refractivity contribution in [2.24, 2.45) is 46.3 Å². The average molecular weight is 1350 g/mol. The number of carbonyl (C=O) groups excluding carboxylic acids is 2. The molecule has 0 aromatic carbocycles. The number of aliphatic hydroxyl groups is 17. The summed E-state index contributed by atoms with van der Waals surface area (Å²) in [5.74, 6) is -0.750. The van der Waals surface area contributed by atoms with Gasteiger partial charge in [-0.3, -0.25) is 9.59 Å². The van der Waals surface area contributed by atoms with E-state index in [4.69, 9.17) is 61.6 Å². The van der Waals surface area contributed by atoms with Gasteiger partial charge in [0.05, 0.1) is 57.8 Å². The maximum atomic E-state index is 13.7. The van der Waals surface area contributed by atoms with E-state index in [0.717, 1.165) is 19.3 Å². The number of ketones is 1. The van der Waals surface area contributed by atoms with Gasteiger partial charge in [0.15, 0.2) is 37.7 Å². The highest BCUT2D eigenvalue weighted by atomic mass is 16.8. The van der Waals surface area contributed by atoms with Crippen molar-refractivity contribution < 1.29 is 158 Å². The van der Waals surface area contributed by atoms with Crippen molar-refractivity contribution in [1.29, 1.82) is 0 Å². The van der Waals surface area contributed by atoms with Crippen LogP contribution >= 0.6 is 0 Å². The summed E-state index contributed by atoms with van der Waals surface area (Å²) in [6, 6.07) is 0.